The number of fused-ring (bicyclic) bond motifs is 2. The highest BCUT2D eigenvalue weighted by molar-refractivity contribution is 6.62. The molecule has 0 bridgehead atoms. The molecule has 0 spiro atoms. The summed E-state index contributed by atoms with van der Waals surface area (Å²) in [4.78, 5) is 29.6. The van der Waals surface area contributed by atoms with Gasteiger partial charge in [-0.25, -0.2) is 19.3 Å². The number of aromatic nitrogens is 6. The van der Waals surface area contributed by atoms with Crippen molar-refractivity contribution in [2.24, 2.45) is 0 Å². The molecule has 10 nitrogen and oxygen atoms in total. The van der Waals surface area contributed by atoms with Gasteiger partial charge in [0, 0.05) is 36.8 Å². The van der Waals surface area contributed by atoms with E-state index in [1.165, 1.54) is 13.8 Å². The van der Waals surface area contributed by atoms with Crippen molar-refractivity contribution < 1.29 is 19.4 Å². The first-order chi connectivity index (χ1) is 34.4. The molecular weight excluding hydrogens is 951 g/mol. The molecular formula is C58H49Cl3N6O4. The van der Waals surface area contributed by atoms with Gasteiger partial charge in [0.15, 0.2) is 0 Å². The third-order valence-corrected chi connectivity index (χ3v) is 12.5. The van der Waals surface area contributed by atoms with E-state index in [9.17, 15) is 14.7 Å². The summed E-state index contributed by atoms with van der Waals surface area (Å²) < 4.78 is 9.36. The van der Waals surface area contributed by atoms with E-state index in [1.807, 2.05) is 145 Å². The molecule has 0 aliphatic carbocycles. The quantitative estimate of drug-likeness (QED) is 0.0588. The van der Waals surface area contributed by atoms with E-state index in [0.29, 0.717) is 21.7 Å². The molecule has 1 N–H and O–H groups in total. The van der Waals surface area contributed by atoms with Crippen LogP contribution in [0.1, 0.15) is 70.0 Å². The van der Waals surface area contributed by atoms with Gasteiger partial charge in [0.25, 0.3) is 0 Å². The topological polar surface area (TPSA) is 125 Å². The molecule has 4 heterocycles. The maximum atomic E-state index is 11.5. The van der Waals surface area contributed by atoms with Gasteiger partial charge in [-0.15, -0.1) is 0 Å². The Morgan fingerprint density at radius 3 is 1.04 bits per heavy atom. The van der Waals surface area contributed by atoms with Crippen molar-refractivity contribution in [1.29, 1.82) is 0 Å². The van der Waals surface area contributed by atoms with Gasteiger partial charge in [0.05, 0.1) is 40.4 Å². The number of nitrogens with zero attached hydrogens (tertiary/aromatic N) is 6. The molecule has 0 unspecified atom stereocenters. The minimum atomic E-state index is -0.792. The number of rotatable bonds is 11. The van der Waals surface area contributed by atoms with Crippen LogP contribution in [0.3, 0.4) is 0 Å². The van der Waals surface area contributed by atoms with Crippen LogP contribution in [0.4, 0.5) is 0 Å². The molecule has 0 amide bonds. The molecule has 13 heteroatoms. The molecule has 0 atom stereocenters. The van der Waals surface area contributed by atoms with Gasteiger partial charge in [-0.2, -0.15) is 10.2 Å². The second kappa shape index (κ2) is 22.1. The zero-order chi connectivity index (χ0) is 50.1. The predicted octanol–water partition coefficient (Wildman–Crippen LogP) is 12.8. The SMILES string of the molecule is CC(=O)Cl.CC(=O)OCc1nc(Cl)cc2c1c(C)nn2C(c1ccccc1)(c1ccccc1)c1ccccc1.Cc1nn(C(c2ccccc2)(c2ccccc2)c2ccccc2)c2cc(Cl)nc(CO)c12. The number of ether oxygens (including phenoxy) is 1. The van der Waals surface area contributed by atoms with Crippen molar-refractivity contribution in [3.63, 3.8) is 0 Å². The van der Waals surface area contributed by atoms with Crippen LogP contribution in [0.15, 0.2) is 194 Å². The molecule has 10 rings (SSSR count). The zero-order valence-electron chi connectivity index (χ0n) is 39.4. The maximum Gasteiger partial charge on any atom is 0.303 e. The van der Waals surface area contributed by atoms with E-state index in [-0.39, 0.29) is 24.4 Å². The summed E-state index contributed by atoms with van der Waals surface area (Å²) in [6, 6.07) is 65.7. The molecule has 10 aromatic rings. The molecule has 0 fully saturated rings. The Bertz CT molecular complexity index is 3220. The van der Waals surface area contributed by atoms with Crippen molar-refractivity contribution in [2.75, 3.05) is 0 Å². The summed E-state index contributed by atoms with van der Waals surface area (Å²) in [6.07, 6.45) is 0. The fourth-order valence-corrected chi connectivity index (χ4v) is 9.85. The summed E-state index contributed by atoms with van der Waals surface area (Å²) in [7, 11) is 0. The average Bonchev–Trinajstić information content (AvgIpc) is 3.90. The number of aliphatic hydroxyl groups excluding tert-OH is 1. The van der Waals surface area contributed by atoms with Gasteiger partial charge in [-0.1, -0.05) is 205 Å². The Morgan fingerprint density at radius 2 is 0.775 bits per heavy atom. The summed E-state index contributed by atoms with van der Waals surface area (Å²) >= 11 is 17.6. The monoisotopic (exact) mass is 998 g/mol. The number of aliphatic hydroxyl groups is 1. The first-order valence-electron chi connectivity index (χ1n) is 22.7. The Hall–Kier alpha value is -7.47. The molecule has 0 aliphatic heterocycles. The maximum absolute atomic E-state index is 11.5. The van der Waals surface area contributed by atoms with Gasteiger partial charge < -0.3 is 9.84 Å². The minimum Gasteiger partial charge on any atom is -0.459 e. The summed E-state index contributed by atoms with van der Waals surface area (Å²) in [6.45, 7) is 6.37. The minimum absolute atomic E-state index is 0.0218. The van der Waals surface area contributed by atoms with E-state index >= 15 is 0 Å². The second-order valence-corrected chi connectivity index (χ2v) is 17.9. The lowest BCUT2D eigenvalue weighted by atomic mass is 9.77. The zero-order valence-corrected chi connectivity index (χ0v) is 41.6. The predicted molar refractivity (Wildman–Crippen MR) is 282 cm³/mol. The lowest BCUT2D eigenvalue weighted by molar-refractivity contribution is -0.142. The van der Waals surface area contributed by atoms with Crippen molar-refractivity contribution in [2.45, 2.75) is 52.0 Å². The molecule has 0 saturated carbocycles. The van der Waals surface area contributed by atoms with Crippen molar-refractivity contribution >= 4 is 67.8 Å². The summed E-state index contributed by atoms with van der Waals surface area (Å²) in [5.74, 6) is -0.378. The highest BCUT2D eigenvalue weighted by Gasteiger charge is 2.42. The smallest absolute Gasteiger partial charge is 0.303 e. The van der Waals surface area contributed by atoms with Crippen LogP contribution in [0.5, 0.6) is 0 Å². The first kappa shape index (κ1) is 49.9. The normalized spacial score (nSPS) is 11.3. The summed E-state index contributed by atoms with van der Waals surface area (Å²) in [5, 5.41) is 22.1. The van der Waals surface area contributed by atoms with Crippen molar-refractivity contribution in [3.05, 3.63) is 261 Å². The van der Waals surface area contributed by atoms with Crippen molar-refractivity contribution in [3.8, 4) is 0 Å². The van der Waals surface area contributed by atoms with Crippen LogP contribution in [0, 0.1) is 13.8 Å². The Balaban J connectivity index is 0.000000178. The van der Waals surface area contributed by atoms with Crippen LogP contribution in [-0.4, -0.2) is 45.8 Å². The number of carbonyl (C=O) groups excluding carboxylic acids is 2. The van der Waals surface area contributed by atoms with Crippen LogP contribution in [-0.2, 0) is 38.6 Å². The van der Waals surface area contributed by atoms with E-state index in [4.69, 9.17) is 38.1 Å². The van der Waals surface area contributed by atoms with Crippen LogP contribution < -0.4 is 0 Å². The number of hydrogen-bond acceptors (Lipinski definition) is 8. The van der Waals surface area contributed by atoms with Crippen LogP contribution >= 0.6 is 34.8 Å². The number of pyridine rings is 2. The highest BCUT2D eigenvalue weighted by atomic mass is 35.5. The number of esters is 1. The van der Waals surface area contributed by atoms with E-state index in [0.717, 1.165) is 66.6 Å². The Morgan fingerprint density at radius 1 is 0.507 bits per heavy atom. The molecule has 0 aliphatic rings. The number of benzene rings is 6. The molecule has 71 heavy (non-hydrogen) atoms. The fraction of sp³-hybridized carbons (Fsp3) is 0.138. The van der Waals surface area contributed by atoms with E-state index in [2.05, 4.69) is 94.4 Å². The van der Waals surface area contributed by atoms with E-state index in [1.54, 1.807) is 0 Å². The molecule has 356 valence electrons. The summed E-state index contributed by atoms with van der Waals surface area (Å²) in [5.41, 5.74) is 9.12. The van der Waals surface area contributed by atoms with Crippen LogP contribution in [0.25, 0.3) is 21.8 Å². The number of carbonyl (C=O) groups is 2. The standard InChI is InChI=1S/C29H24ClN3O2.C27H22ClN3O.C2H3ClO/c1-20-28-25(19-35-21(2)34)31-27(30)18-26(28)33(32-20)29(22-12-6-3-7-13-22,23-14-8-4-9-15-23)24-16-10-5-11-17-24;1-19-26-23(18-32)29-25(28)17-24(26)31(30-19)27(20-11-5-2-6-12-20,21-13-7-3-8-14-21)22-15-9-4-10-16-22;1-2(3)4/h3-18H,19H2,1-2H3;2-17,32H,18H2,1H3;1H3. The fourth-order valence-electron chi connectivity index (χ4n) is 9.44. The van der Waals surface area contributed by atoms with Crippen molar-refractivity contribution in [1.82, 2.24) is 29.5 Å². The highest BCUT2D eigenvalue weighted by Crippen LogP contribution is 2.45. The third-order valence-electron chi connectivity index (χ3n) is 12.1. The molecule has 0 saturated heterocycles. The third kappa shape index (κ3) is 9.98. The Labute approximate surface area is 427 Å². The lowest BCUT2D eigenvalue weighted by Gasteiger charge is -2.37. The number of hydrogen-bond donors (Lipinski definition) is 1. The second-order valence-electron chi connectivity index (χ2n) is 16.6. The largest absolute Gasteiger partial charge is 0.459 e. The molecule has 6 aromatic carbocycles. The molecule has 4 aromatic heterocycles. The van der Waals surface area contributed by atoms with Gasteiger partial charge in [0.2, 0.25) is 5.24 Å². The van der Waals surface area contributed by atoms with Crippen LogP contribution in [0.2, 0.25) is 10.3 Å². The first-order valence-corrected chi connectivity index (χ1v) is 23.9. The number of aryl methyl sites for hydroxylation is 2. The molecule has 0 radical (unpaired) electrons. The van der Waals surface area contributed by atoms with Gasteiger partial charge >= 0.3 is 5.97 Å². The van der Waals surface area contributed by atoms with Gasteiger partial charge in [-0.05, 0) is 58.8 Å². The lowest BCUT2D eigenvalue weighted by Crippen LogP contribution is -2.38. The van der Waals surface area contributed by atoms with E-state index < -0.39 is 11.1 Å². The Kier molecular flexibility index (Phi) is 15.5. The average molecular weight is 1000 g/mol. The van der Waals surface area contributed by atoms with Gasteiger partial charge in [-0.3, -0.25) is 9.59 Å². The number of halogens is 3. The van der Waals surface area contributed by atoms with Gasteiger partial charge in [0.1, 0.15) is 28.0 Å².